The summed E-state index contributed by atoms with van der Waals surface area (Å²) in [7, 11) is 1.01. The molecule has 1 unspecified atom stereocenters. The van der Waals surface area contributed by atoms with Crippen LogP contribution in [0.4, 0.5) is 5.69 Å². The first-order valence-corrected chi connectivity index (χ1v) is 9.10. The van der Waals surface area contributed by atoms with E-state index in [0.717, 1.165) is 22.0 Å². The van der Waals surface area contributed by atoms with E-state index in [1.54, 1.807) is 12.3 Å². The topological polar surface area (TPSA) is 62.7 Å². The molecule has 0 radical (unpaired) electrons. The average Bonchev–Trinajstić information content (AvgIpc) is 2.84. The van der Waals surface area contributed by atoms with Gasteiger partial charge in [0.25, 0.3) is 0 Å². The van der Waals surface area contributed by atoms with Crippen molar-refractivity contribution in [1.29, 1.82) is 0 Å². The number of likely N-dealkylation sites (N-methyl/N-ethyl adjacent to an activating group) is 1. The fraction of sp³-hybridized carbons (Fsp3) is 0.312. The lowest BCUT2D eigenvalue weighted by Gasteiger charge is -2.23. The summed E-state index contributed by atoms with van der Waals surface area (Å²) in [5.41, 5.74) is 3.15. The van der Waals surface area contributed by atoms with Gasteiger partial charge in [0.05, 0.1) is 12.2 Å². The highest BCUT2D eigenvalue weighted by molar-refractivity contribution is 7.84. The monoisotopic (exact) mass is 367 g/mol. The Balaban J connectivity index is 1.88. The molecule has 1 atom stereocenters. The number of hydrogen-bond donors (Lipinski definition) is 0. The quantitative estimate of drug-likeness (QED) is 0.831. The number of fused-ring (bicyclic) bond motifs is 1. The van der Waals surface area contributed by atoms with Crippen molar-refractivity contribution >= 4 is 27.6 Å². The van der Waals surface area contributed by atoms with Gasteiger partial charge < -0.3 is 9.08 Å². The predicted octanol–water partition coefficient (Wildman–Crippen LogP) is 2.65. The number of aromatic nitrogens is 1. The Hall–Kier alpha value is -1.83. The van der Waals surface area contributed by atoms with Crippen LogP contribution >= 0.6 is 11.6 Å². The second kappa shape index (κ2) is 6.23. The number of rotatable bonds is 4. The Labute approximate surface area is 146 Å². The SMILES string of the molecule is CN1c2cc(Cl)ccc2CC1c1cncc(OS(=O)(=O)N(C)C)c1. The Kier molecular flexibility index (Phi) is 4.42. The highest BCUT2D eigenvalue weighted by atomic mass is 35.5. The van der Waals surface area contributed by atoms with Crippen LogP contribution in [0.25, 0.3) is 0 Å². The minimum absolute atomic E-state index is 0.0524. The molecule has 0 spiro atoms. The summed E-state index contributed by atoms with van der Waals surface area (Å²) in [4.78, 5) is 6.24. The van der Waals surface area contributed by atoms with Crippen molar-refractivity contribution in [2.75, 3.05) is 26.0 Å². The molecule has 0 aliphatic carbocycles. The van der Waals surface area contributed by atoms with E-state index >= 15 is 0 Å². The zero-order valence-electron chi connectivity index (χ0n) is 13.6. The van der Waals surface area contributed by atoms with Crippen LogP contribution in [-0.4, -0.2) is 38.9 Å². The highest BCUT2D eigenvalue weighted by Gasteiger charge is 2.28. The summed E-state index contributed by atoms with van der Waals surface area (Å²) in [6, 6.07) is 7.58. The zero-order valence-corrected chi connectivity index (χ0v) is 15.2. The van der Waals surface area contributed by atoms with E-state index in [2.05, 4.69) is 9.88 Å². The molecular formula is C16H18ClN3O3S. The van der Waals surface area contributed by atoms with Crippen molar-refractivity contribution < 1.29 is 12.6 Å². The van der Waals surface area contributed by atoms with Gasteiger partial charge in [-0.2, -0.15) is 12.7 Å². The number of pyridine rings is 1. The summed E-state index contributed by atoms with van der Waals surface area (Å²) in [5.74, 6) is 0.198. The molecule has 0 saturated carbocycles. The van der Waals surface area contributed by atoms with Gasteiger partial charge in [-0.1, -0.05) is 17.7 Å². The number of nitrogens with zero attached hydrogens (tertiary/aromatic N) is 3. The third kappa shape index (κ3) is 3.19. The van der Waals surface area contributed by atoms with Gasteiger partial charge in [0.2, 0.25) is 0 Å². The van der Waals surface area contributed by atoms with Crippen LogP contribution < -0.4 is 9.08 Å². The van der Waals surface area contributed by atoms with Crippen molar-refractivity contribution in [2.45, 2.75) is 12.5 Å². The third-order valence-corrected chi connectivity index (χ3v) is 5.61. The second-order valence-corrected chi connectivity index (χ2v) is 8.07. The fourth-order valence-electron chi connectivity index (χ4n) is 2.75. The van der Waals surface area contributed by atoms with E-state index in [4.69, 9.17) is 15.8 Å². The van der Waals surface area contributed by atoms with E-state index in [1.165, 1.54) is 25.9 Å². The second-order valence-electron chi connectivity index (χ2n) is 5.88. The van der Waals surface area contributed by atoms with Crippen LogP contribution in [0.15, 0.2) is 36.7 Å². The molecule has 1 aliphatic heterocycles. The number of anilines is 1. The van der Waals surface area contributed by atoms with Crippen molar-refractivity contribution in [1.82, 2.24) is 9.29 Å². The van der Waals surface area contributed by atoms with E-state index in [-0.39, 0.29) is 11.8 Å². The van der Waals surface area contributed by atoms with Crippen LogP contribution in [0.2, 0.25) is 5.02 Å². The number of hydrogen-bond acceptors (Lipinski definition) is 5. The lowest BCUT2D eigenvalue weighted by Crippen LogP contribution is -2.27. The standard InChI is InChI=1S/C16H18ClN3O3S/c1-19(2)24(21,22)23-14-6-12(9-18-10-14)15-7-11-4-5-13(17)8-16(11)20(15)3/h4-6,8-10,15H,7H2,1-3H3. The molecule has 0 fully saturated rings. The van der Waals surface area contributed by atoms with Gasteiger partial charge in [-0.3, -0.25) is 4.98 Å². The Bertz CT molecular complexity index is 871. The molecule has 6 nitrogen and oxygen atoms in total. The van der Waals surface area contributed by atoms with Crippen LogP contribution in [-0.2, 0) is 16.7 Å². The minimum atomic E-state index is -3.80. The molecule has 2 aromatic rings. The minimum Gasteiger partial charge on any atom is -0.369 e. The van der Waals surface area contributed by atoms with Crippen molar-refractivity contribution in [2.24, 2.45) is 0 Å². The number of benzene rings is 1. The summed E-state index contributed by atoms with van der Waals surface area (Å²) in [6.45, 7) is 0. The van der Waals surface area contributed by atoms with Gasteiger partial charge in [-0.15, -0.1) is 0 Å². The van der Waals surface area contributed by atoms with Crippen LogP contribution in [0, 0.1) is 0 Å². The highest BCUT2D eigenvalue weighted by Crippen LogP contribution is 2.40. The molecule has 24 heavy (non-hydrogen) atoms. The molecule has 8 heteroatoms. The molecule has 1 aromatic heterocycles. The molecule has 1 aromatic carbocycles. The van der Waals surface area contributed by atoms with Crippen molar-refractivity contribution in [3.8, 4) is 5.75 Å². The normalized spacial score (nSPS) is 17.2. The first-order valence-electron chi connectivity index (χ1n) is 7.36. The van der Waals surface area contributed by atoms with E-state index in [1.807, 2.05) is 25.2 Å². The lowest BCUT2D eigenvalue weighted by atomic mass is 10.0. The van der Waals surface area contributed by atoms with Gasteiger partial charge in [-0.05, 0) is 35.7 Å². The molecule has 0 saturated heterocycles. The maximum Gasteiger partial charge on any atom is 0.384 e. The molecule has 0 bridgehead atoms. The van der Waals surface area contributed by atoms with Gasteiger partial charge in [0.1, 0.15) is 0 Å². The summed E-state index contributed by atoms with van der Waals surface area (Å²) in [6.07, 6.45) is 3.92. The van der Waals surface area contributed by atoms with Crippen LogP contribution in [0.5, 0.6) is 5.75 Å². The molecule has 128 valence electrons. The fourth-order valence-corrected chi connectivity index (χ4v) is 3.40. The van der Waals surface area contributed by atoms with Gasteiger partial charge >= 0.3 is 10.3 Å². The first-order chi connectivity index (χ1) is 11.3. The molecular weight excluding hydrogens is 350 g/mol. The van der Waals surface area contributed by atoms with Gasteiger partial charge in [0.15, 0.2) is 5.75 Å². The molecule has 3 rings (SSSR count). The molecule has 2 heterocycles. The summed E-state index contributed by atoms with van der Waals surface area (Å²) >= 11 is 6.08. The Morgan fingerprint density at radius 2 is 2.04 bits per heavy atom. The first kappa shape index (κ1) is 17.0. The van der Waals surface area contributed by atoms with Crippen molar-refractivity contribution in [3.05, 3.63) is 52.8 Å². The zero-order chi connectivity index (χ0) is 17.5. The van der Waals surface area contributed by atoms with E-state index in [9.17, 15) is 8.42 Å². The van der Waals surface area contributed by atoms with Crippen LogP contribution in [0.3, 0.4) is 0 Å². The maximum atomic E-state index is 11.9. The van der Waals surface area contributed by atoms with Crippen molar-refractivity contribution in [3.63, 3.8) is 0 Å². The average molecular weight is 368 g/mol. The molecule has 0 amide bonds. The van der Waals surface area contributed by atoms with E-state index in [0.29, 0.717) is 5.02 Å². The predicted molar refractivity (Wildman–Crippen MR) is 93.8 cm³/mol. The largest absolute Gasteiger partial charge is 0.384 e. The molecule has 0 N–H and O–H groups in total. The smallest absolute Gasteiger partial charge is 0.369 e. The Morgan fingerprint density at radius 3 is 2.75 bits per heavy atom. The van der Waals surface area contributed by atoms with Crippen LogP contribution in [0.1, 0.15) is 17.2 Å². The maximum absolute atomic E-state index is 11.9. The molecule has 1 aliphatic rings. The summed E-state index contributed by atoms with van der Waals surface area (Å²) < 4.78 is 29.8. The van der Waals surface area contributed by atoms with Gasteiger partial charge in [-0.25, -0.2) is 0 Å². The third-order valence-electron chi connectivity index (χ3n) is 4.08. The van der Waals surface area contributed by atoms with E-state index < -0.39 is 10.3 Å². The number of halogens is 1. The summed E-state index contributed by atoms with van der Waals surface area (Å²) in [5, 5.41) is 0.688. The van der Waals surface area contributed by atoms with Gasteiger partial charge in [0, 0.05) is 38.0 Å². The Morgan fingerprint density at radius 1 is 1.29 bits per heavy atom. The lowest BCUT2D eigenvalue weighted by molar-refractivity contribution is 0.420.